The number of guanidine groups is 1. The first-order valence-electron chi connectivity index (χ1n) is 8.69. The summed E-state index contributed by atoms with van der Waals surface area (Å²) in [5.74, 6) is 2.94. The summed E-state index contributed by atoms with van der Waals surface area (Å²) in [6.07, 6.45) is 2.78. The van der Waals surface area contributed by atoms with Crippen LogP contribution in [0.15, 0.2) is 41.5 Å². The highest BCUT2D eigenvalue weighted by molar-refractivity contribution is 5.79. The molecule has 2 aromatic rings. The third kappa shape index (κ3) is 4.78. The van der Waals surface area contributed by atoms with E-state index in [0.717, 1.165) is 29.0 Å². The smallest absolute Gasteiger partial charge is 0.231 e. The maximum Gasteiger partial charge on any atom is 0.231 e. The Morgan fingerprint density at radius 3 is 2.62 bits per heavy atom. The van der Waals surface area contributed by atoms with Gasteiger partial charge >= 0.3 is 0 Å². The van der Waals surface area contributed by atoms with Crippen LogP contribution in [0.5, 0.6) is 17.4 Å². The quantitative estimate of drug-likeness (QED) is 0.586. The largest absolute Gasteiger partial charge is 0.478 e. The number of benzene rings is 1. The maximum absolute atomic E-state index is 5.49. The highest BCUT2D eigenvalue weighted by Crippen LogP contribution is 2.32. The molecule has 2 heterocycles. The Kier molecular flexibility index (Phi) is 6.14. The number of fused-ring (bicyclic) bond motifs is 1. The van der Waals surface area contributed by atoms with E-state index in [2.05, 4.69) is 27.5 Å². The molecule has 3 rings (SSSR count). The van der Waals surface area contributed by atoms with Crippen LogP contribution < -0.4 is 24.8 Å². The Labute approximate surface area is 153 Å². The molecular weight excluding hydrogens is 332 g/mol. The van der Waals surface area contributed by atoms with Gasteiger partial charge in [0.05, 0.1) is 6.61 Å². The van der Waals surface area contributed by atoms with Crippen molar-refractivity contribution < 1.29 is 14.2 Å². The van der Waals surface area contributed by atoms with Crippen molar-refractivity contribution in [2.45, 2.75) is 26.4 Å². The topological polar surface area (TPSA) is 77.0 Å². The zero-order valence-electron chi connectivity index (χ0n) is 15.1. The molecule has 0 fully saturated rings. The first-order valence-corrected chi connectivity index (χ1v) is 8.69. The van der Waals surface area contributed by atoms with Crippen molar-refractivity contribution >= 4 is 5.96 Å². The van der Waals surface area contributed by atoms with Crippen molar-refractivity contribution in [3.63, 3.8) is 0 Å². The van der Waals surface area contributed by atoms with Crippen molar-refractivity contribution in [2.75, 3.05) is 20.4 Å². The Morgan fingerprint density at radius 1 is 1.12 bits per heavy atom. The first kappa shape index (κ1) is 17.8. The monoisotopic (exact) mass is 356 g/mol. The lowest BCUT2D eigenvalue weighted by Crippen LogP contribution is -2.36. The van der Waals surface area contributed by atoms with Crippen molar-refractivity contribution in [3.05, 3.63) is 47.7 Å². The molecule has 0 radical (unpaired) electrons. The van der Waals surface area contributed by atoms with Gasteiger partial charge in [-0.1, -0.05) is 19.1 Å². The highest BCUT2D eigenvalue weighted by Gasteiger charge is 2.13. The summed E-state index contributed by atoms with van der Waals surface area (Å²) in [5.41, 5.74) is 2.15. The van der Waals surface area contributed by atoms with E-state index in [1.54, 1.807) is 7.05 Å². The van der Waals surface area contributed by atoms with Crippen molar-refractivity contribution in [1.29, 1.82) is 0 Å². The normalized spacial score (nSPS) is 12.8. The molecule has 138 valence electrons. The maximum atomic E-state index is 5.49. The Morgan fingerprint density at radius 2 is 1.88 bits per heavy atom. The zero-order valence-corrected chi connectivity index (χ0v) is 15.1. The number of rotatable bonds is 7. The summed E-state index contributed by atoms with van der Waals surface area (Å²) in [7, 11) is 1.74. The van der Waals surface area contributed by atoms with E-state index < -0.39 is 0 Å². The van der Waals surface area contributed by atoms with Crippen LogP contribution in [0.25, 0.3) is 0 Å². The van der Waals surface area contributed by atoms with Gasteiger partial charge < -0.3 is 24.8 Å². The van der Waals surface area contributed by atoms with Crippen molar-refractivity contribution in [3.8, 4) is 17.4 Å². The van der Waals surface area contributed by atoms with Gasteiger partial charge in [0.2, 0.25) is 12.7 Å². The molecule has 2 N–H and O–H groups in total. The van der Waals surface area contributed by atoms with Gasteiger partial charge in [0.25, 0.3) is 0 Å². The Balaban J connectivity index is 1.47. The van der Waals surface area contributed by atoms with Gasteiger partial charge in [-0.2, -0.15) is 0 Å². The van der Waals surface area contributed by atoms with Crippen LogP contribution >= 0.6 is 0 Å². The van der Waals surface area contributed by atoms with Crippen LogP contribution in [0.2, 0.25) is 0 Å². The molecular formula is C19H24N4O3. The lowest BCUT2D eigenvalue weighted by atomic mass is 10.2. The molecule has 0 aliphatic carbocycles. The third-order valence-corrected chi connectivity index (χ3v) is 3.83. The van der Waals surface area contributed by atoms with E-state index in [0.29, 0.717) is 31.5 Å². The molecule has 26 heavy (non-hydrogen) atoms. The van der Waals surface area contributed by atoms with Crippen molar-refractivity contribution in [2.24, 2.45) is 4.99 Å². The summed E-state index contributed by atoms with van der Waals surface area (Å²) in [4.78, 5) is 8.54. The van der Waals surface area contributed by atoms with Gasteiger partial charge in [0, 0.05) is 32.4 Å². The van der Waals surface area contributed by atoms with E-state index >= 15 is 0 Å². The number of aromatic nitrogens is 1. The molecule has 0 saturated heterocycles. The molecule has 0 unspecified atom stereocenters. The number of aliphatic imine (C=N–C) groups is 1. The zero-order chi connectivity index (χ0) is 18.2. The molecule has 1 aliphatic rings. The molecule has 0 spiro atoms. The molecule has 0 amide bonds. The van der Waals surface area contributed by atoms with Gasteiger partial charge in [0.15, 0.2) is 17.5 Å². The van der Waals surface area contributed by atoms with Gasteiger partial charge in [-0.05, 0) is 29.7 Å². The number of nitrogens with zero attached hydrogens (tertiary/aromatic N) is 2. The minimum Gasteiger partial charge on any atom is -0.478 e. The van der Waals surface area contributed by atoms with Crippen LogP contribution in [0.4, 0.5) is 0 Å². The summed E-state index contributed by atoms with van der Waals surface area (Å²) in [5, 5.41) is 6.56. The highest BCUT2D eigenvalue weighted by atomic mass is 16.7. The van der Waals surface area contributed by atoms with E-state index in [-0.39, 0.29) is 6.79 Å². The average molecular weight is 356 g/mol. The van der Waals surface area contributed by atoms with Crippen LogP contribution in [0.1, 0.15) is 24.5 Å². The molecule has 0 bridgehead atoms. The van der Waals surface area contributed by atoms with Crippen LogP contribution in [-0.4, -0.2) is 31.4 Å². The van der Waals surface area contributed by atoms with Crippen molar-refractivity contribution in [1.82, 2.24) is 15.6 Å². The fraction of sp³-hybridized carbons (Fsp3) is 0.368. The fourth-order valence-corrected chi connectivity index (χ4v) is 2.45. The van der Waals surface area contributed by atoms with Crippen LogP contribution in [0, 0.1) is 0 Å². The summed E-state index contributed by atoms with van der Waals surface area (Å²) >= 11 is 0. The molecule has 0 atom stereocenters. The fourth-order valence-electron chi connectivity index (χ4n) is 2.45. The Bertz CT molecular complexity index is 747. The molecule has 7 nitrogen and oxygen atoms in total. The number of hydrogen-bond donors (Lipinski definition) is 2. The molecule has 1 aromatic carbocycles. The predicted molar refractivity (Wildman–Crippen MR) is 99.6 cm³/mol. The van der Waals surface area contributed by atoms with E-state index in [1.165, 1.54) is 0 Å². The number of pyridine rings is 1. The van der Waals surface area contributed by atoms with Gasteiger partial charge in [0.1, 0.15) is 0 Å². The SMILES string of the molecule is CCCOc1ccc(CNC(=NC)NCc2ccc3c(c2)OCO3)cn1. The van der Waals surface area contributed by atoms with E-state index in [1.807, 2.05) is 36.5 Å². The number of ether oxygens (including phenoxy) is 3. The summed E-state index contributed by atoms with van der Waals surface area (Å²) in [6.45, 7) is 4.30. The van der Waals surface area contributed by atoms with Gasteiger partial charge in [-0.25, -0.2) is 4.98 Å². The minimum absolute atomic E-state index is 0.283. The molecule has 0 saturated carbocycles. The summed E-state index contributed by atoms with van der Waals surface area (Å²) in [6, 6.07) is 9.78. The second-order valence-electron chi connectivity index (χ2n) is 5.82. The minimum atomic E-state index is 0.283. The van der Waals surface area contributed by atoms with Crippen LogP contribution in [-0.2, 0) is 13.1 Å². The first-order chi connectivity index (χ1) is 12.8. The third-order valence-electron chi connectivity index (χ3n) is 3.83. The van der Waals surface area contributed by atoms with Gasteiger partial charge in [-0.15, -0.1) is 0 Å². The average Bonchev–Trinajstić information content (AvgIpc) is 3.15. The Hall–Kier alpha value is -2.96. The number of nitrogens with one attached hydrogen (secondary N) is 2. The van der Waals surface area contributed by atoms with E-state index in [4.69, 9.17) is 14.2 Å². The summed E-state index contributed by atoms with van der Waals surface area (Å²) < 4.78 is 16.2. The number of hydrogen-bond acceptors (Lipinski definition) is 5. The molecule has 7 heteroatoms. The standard InChI is InChI=1S/C19H24N4O3/c1-3-8-24-18-7-5-15(11-21-18)12-23-19(20-2)22-10-14-4-6-16-17(9-14)26-13-25-16/h4-7,9,11H,3,8,10,12-13H2,1-2H3,(H2,20,22,23). The van der Waals surface area contributed by atoms with Gasteiger partial charge in [-0.3, -0.25) is 4.99 Å². The lowest BCUT2D eigenvalue weighted by molar-refractivity contribution is 0.174. The molecule has 1 aliphatic heterocycles. The van der Waals surface area contributed by atoms with E-state index in [9.17, 15) is 0 Å². The predicted octanol–water partition coefficient (Wildman–Crippen LogP) is 2.46. The van der Waals surface area contributed by atoms with Crippen LogP contribution in [0.3, 0.4) is 0 Å². The lowest BCUT2D eigenvalue weighted by Gasteiger charge is -2.12. The molecule has 1 aromatic heterocycles. The second kappa shape index (κ2) is 8.94. The second-order valence-corrected chi connectivity index (χ2v) is 5.82.